The number of nitrogens with one attached hydrogen (secondary N) is 2. The van der Waals surface area contributed by atoms with Gasteiger partial charge in [-0.2, -0.15) is 4.72 Å². The van der Waals surface area contributed by atoms with E-state index in [0.717, 1.165) is 24.8 Å². The number of carbonyl (C=O) groups is 1. The van der Waals surface area contributed by atoms with Gasteiger partial charge in [-0.25, -0.2) is 8.42 Å². The van der Waals surface area contributed by atoms with Gasteiger partial charge in [-0.05, 0) is 57.1 Å². The molecule has 0 bridgehead atoms. The van der Waals surface area contributed by atoms with E-state index < -0.39 is 16.1 Å². The van der Waals surface area contributed by atoms with Crippen LogP contribution in [0.2, 0.25) is 0 Å². The summed E-state index contributed by atoms with van der Waals surface area (Å²) in [6.45, 7) is 6.30. The molecule has 2 atom stereocenters. The van der Waals surface area contributed by atoms with Crippen LogP contribution in [-0.4, -0.2) is 26.9 Å². The van der Waals surface area contributed by atoms with Crippen LogP contribution in [-0.2, 0) is 14.8 Å². The molecule has 0 saturated carbocycles. The fourth-order valence-corrected chi connectivity index (χ4v) is 4.51. The molecule has 0 radical (unpaired) electrons. The standard InChI is InChI=1S/C21H32N2O3S/c1-4-17(3)20(21(24)22-15-14-18-8-6-5-7-9-18)23-27(25,26)19-12-10-16(2)11-13-19/h8,10-13,17,20,23H,4-7,9,14-15H2,1-3H3,(H,22,24)/t17-,20+/m1/s1. The Hall–Kier alpha value is -1.66. The van der Waals surface area contributed by atoms with Crippen molar-refractivity contribution in [3.63, 3.8) is 0 Å². The summed E-state index contributed by atoms with van der Waals surface area (Å²) in [7, 11) is -3.74. The van der Waals surface area contributed by atoms with E-state index in [0.29, 0.717) is 13.0 Å². The Balaban J connectivity index is 2.01. The summed E-state index contributed by atoms with van der Waals surface area (Å²) < 4.78 is 28.0. The minimum atomic E-state index is -3.74. The van der Waals surface area contributed by atoms with Crippen molar-refractivity contribution in [3.8, 4) is 0 Å². The number of carbonyl (C=O) groups excluding carboxylic acids is 1. The molecule has 1 aliphatic carbocycles. The highest BCUT2D eigenvalue weighted by molar-refractivity contribution is 7.89. The minimum absolute atomic E-state index is 0.0980. The molecule has 1 aromatic carbocycles. The lowest BCUT2D eigenvalue weighted by atomic mass is 9.97. The molecular weight excluding hydrogens is 360 g/mol. The maximum Gasteiger partial charge on any atom is 0.241 e. The van der Waals surface area contributed by atoms with Gasteiger partial charge >= 0.3 is 0 Å². The molecule has 0 fully saturated rings. The third kappa shape index (κ3) is 6.47. The maximum absolute atomic E-state index is 12.7. The Kier molecular flexibility index (Phi) is 8.05. The van der Waals surface area contributed by atoms with Crippen molar-refractivity contribution in [2.24, 2.45) is 5.92 Å². The van der Waals surface area contributed by atoms with Gasteiger partial charge in [0.2, 0.25) is 15.9 Å². The number of benzene rings is 1. The summed E-state index contributed by atoms with van der Waals surface area (Å²) in [4.78, 5) is 12.9. The van der Waals surface area contributed by atoms with Gasteiger partial charge in [-0.3, -0.25) is 4.79 Å². The van der Waals surface area contributed by atoms with Gasteiger partial charge in [-0.1, -0.05) is 49.6 Å². The molecule has 0 heterocycles. The summed E-state index contributed by atoms with van der Waals surface area (Å²) in [5.74, 6) is -0.351. The maximum atomic E-state index is 12.7. The van der Waals surface area contributed by atoms with Crippen LogP contribution in [0.1, 0.15) is 57.9 Å². The third-order valence-corrected chi connectivity index (χ3v) is 6.70. The van der Waals surface area contributed by atoms with E-state index in [-0.39, 0.29) is 16.7 Å². The van der Waals surface area contributed by atoms with Gasteiger partial charge in [0.05, 0.1) is 4.90 Å². The Bertz CT molecular complexity index is 754. The van der Waals surface area contributed by atoms with Crippen LogP contribution in [0.5, 0.6) is 0 Å². The number of allylic oxidation sites excluding steroid dienone is 1. The Morgan fingerprint density at radius 1 is 1.19 bits per heavy atom. The van der Waals surface area contributed by atoms with Crippen molar-refractivity contribution in [1.82, 2.24) is 10.0 Å². The van der Waals surface area contributed by atoms with Crippen LogP contribution < -0.4 is 10.0 Å². The van der Waals surface area contributed by atoms with Crippen LogP contribution in [0.25, 0.3) is 0 Å². The van der Waals surface area contributed by atoms with E-state index in [4.69, 9.17) is 0 Å². The van der Waals surface area contributed by atoms with Crippen molar-refractivity contribution in [1.29, 1.82) is 0 Å². The lowest BCUT2D eigenvalue weighted by Crippen LogP contribution is -2.50. The zero-order chi connectivity index (χ0) is 19.9. The average molecular weight is 393 g/mol. The number of hydrogen-bond acceptors (Lipinski definition) is 3. The Labute approximate surface area is 163 Å². The predicted octanol–water partition coefficient (Wildman–Crippen LogP) is 3.69. The second-order valence-electron chi connectivity index (χ2n) is 7.45. The van der Waals surface area contributed by atoms with Gasteiger partial charge < -0.3 is 5.32 Å². The molecule has 27 heavy (non-hydrogen) atoms. The van der Waals surface area contributed by atoms with E-state index in [9.17, 15) is 13.2 Å². The molecule has 5 nitrogen and oxygen atoms in total. The van der Waals surface area contributed by atoms with E-state index in [2.05, 4.69) is 16.1 Å². The molecule has 2 rings (SSSR count). The molecule has 0 spiro atoms. The molecule has 0 aliphatic heterocycles. The molecule has 0 aromatic heterocycles. The molecule has 6 heteroatoms. The van der Waals surface area contributed by atoms with Crippen molar-refractivity contribution >= 4 is 15.9 Å². The second kappa shape index (κ2) is 10.0. The summed E-state index contributed by atoms with van der Waals surface area (Å²) in [5.41, 5.74) is 2.38. The normalized spacial score (nSPS) is 17.1. The van der Waals surface area contributed by atoms with Crippen molar-refractivity contribution in [2.45, 2.75) is 70.2 Å². The molecule has 0 saturated heterocycles. The fraction of sp³-hybridized carbons (Fsp3) is 0.571. The van der Waals surface area contributed by atoms with Gasteiger partial charge in [-0.15, -0.1) is 0 Å². The monoisotopic (exact) mass is 392 g/mol. The number of hydrogen-bond donors (Lipinski definition) is 2. The molecular formula is C21H32N2O3S. The van der Waals surface area contributed by atoms with E-state index >= 15 is 0 Å². The summed E-state index contributed by atoms with van der Waals surface area (Å²) in [6.07, 6.45) is 8.49. The first kappa shape index (κ1) is 21.6. The van der Waals surface area contributed by atoms with Crippen molar-refractivity contribution in [2.75, 3.05) is 6.54 Å². The molecule has 150 valence electrons. The fourth-order valence-electron chi connectivity index (χ4n) is 3.20. The molecule has 1 amide bonds. The lowest BCUT2D eigenvalue weighted by molar-refractivity contribution is -0.123. The summed E-state index contributed by atoms with van der Waals surface area (Å²) >= 11 is 0. The number of rotatable bonds is 9. The zero-order valence-electron chi connectivity index (χ0n) is 16.6. The SMILES string of the molecule is CC[C@@H](C)[C@H](NS(=O)(=O)c1ccc(C)cc1)C(=O)NCCC1=CCCCC1. The molecule has 0 unspecified atom stereocenters. The first-order valence-corrected chi connectivity index (χ1v) is 11.4. The molecule has 1 aliphatic rings. The van der Waals surface area contributed by atoms with E-state index in [1.807, 2.05) is 20.8 Å². The quantitative estimate of drug-likeness (QED) is 0.629. The number of amides is 1. The Morgan fingerprint density at radius 3 is 2.48 bits per heavy atom. The molecule has 1 aromatic rings. The first-order chi connectivity index (χ1) is 12.8. The van der Waals surface area contributed by atoms with E-state index in [1.54, 1.807) is 24.3 Å². The summed E-state index contributed by atoms with van der Waals surface area (Å²) in [5, 5.41) is 2.92. The van der Waals surface area contributed by atoms with Gasteiger partial charge in [0.25, 0.3) is 0 Å². The van der Waals surface area contributed by atoms with Gasteiger partial charge in [0.1, 0.15) is 6.04 Å². The van der Waals surface area contributed by atoms with Crippen LogP contribution in [0, 0.1) is 12.8 Å². The number of sulfonamides is 1. The summed E-state index contributed by atoms with van der Waals surface area (Å²) in [6, 6.07) is 5.87. The smallest absolute Gasteiger partial charge is 0.241 e. The zero-order valence-corrected chi connectivity index (χ0v) is 17.4. The van der Waals surface area contributed by atoms with Crippen LogP contribution in [0.4, 0.5) is 0 Å². The third-order valence-electron chi connectivity index (χ3n) is 5.24. The largest absolute Gasteiger partial charge is 0.354 e. The van der Waals surface area contributed by atoms with Crippen LogP contribution in [0.15, 0.2) is 40.8 Å². The second-order valence-corrected chi connectivity index (χ2v) is 9.16. The van der Waals surface area contributed by atoms with Crippen LogP contribution >= 0.6 is 0 Å². The highest BCUT2D eigenvalue weighted by Gasteiger charge is 2.29. The highest BCUT2D eigenvalue weighted by Crippen LogP contribution is 2.19. The topological polar surface area (TPSA) is 75.3 Å². The average Bonchev–Trinajstić information content (AvgIpc) is 2.66. The van der Waals surface area contributed by atoms with Crippen LogP contribution in [0.3, 0.4) is 0 Å². The van der Waals surface area contributed by atoms with Gasteiger partial charge in [0, 0.05) is 6.54 Å². The van der Waals surface area contributed by atoms with Crippen molar-refractivity contribution < 1.29 is 13.2 Å². The van der Waals surface area contributed by atoms with E-state index in [1.165, 1.54) is 18.4 Å². The number of aryl methyl sites for hydroxylation is 1. The van der Waals surface area contributed by atoms with Crippen molar-refractivity contribution in [3.05, 3.63) is 41.5 Å². The highest BCUT2D eigenvalue weighted by atomic mass is 32.2. The first-order valence-electron chi connectivity index (χ1n) is 9.88. The minimum Gasteiger partial charge on any atom is -0.354 e. The molecule has 2 N–H and O–H groups in total. The Morgan fingerprint density at radius 2 is 1.89 bits per heavy atom. The predicted molar refractivity (Wildman–Crippen MR) is 109 cm³/mol. The lowest BCUT2D eigenvalue weighted by Gasteiger charge is -2.24. The van der Waals surface area contributed by atoms with Gasteiger partial charge in [0.15, 0.2) is 0 Å².